The summed E-state index contributed by atoms with van der Waals surface area (Å²) < 4.78 is 5.45. The van der Waals surface area contributed by atoms with E-state index >= 15 is 0 Å². The second-order valence-corrected chi connectivity index (χ2v) is 7.58. The highest BCUT2D eigenvalue weighted by Crippen LogP contribution is 2.16. The third-order valence-corrected chi connectivity index (χ3v) is 5.16. The summed E-state index contributed by atoms with van der Waals surface area (Å²) in [6, 6.07) is 17.5. The first-order chi connectivity index (χ1) is 13.9. The van der Waals surface area contributed by atoms with E-state index in [1.54, 1.807) is 24.0 Å². The maximum absolute atomic E-state index is 12.7. The molecule has 0 aliphatic carbocycles. The Morgan fingerprint density at radius 1 is 1.00 bits per heavy atom. The van der Waals surface area contributed by atoms with Crippen LogP contribution in [0.5, 0.6) is 0 Å². The van der Waals surface area contributed by atoms with Gasteiger partial charge in [-0.3, -0.25) is 9.69 Å². The van der Waals surface area contributed by atoms with Crippen molar-refractivity contribution in [1.29, 1.82) is 0 Å². The summed E-state index contributed by atoms with van der Waals surface area (Å²) in [7, 11) is 3.82. The van der Waals surface area contributed by atoms with Crippen LogP contribution in [0.15, 0.2) is 54.6 Å². The van der Waals surface area contributed by atoms with Crippen molar-refractivity contribution in [3.63, 3.8) is 0 Å². The van der Waals surface area contributed by atoms with Gasteiger partial charge in [0, 0.05) is 52.5 Å². The number of anilines is 1. The number of nitrogens with zero attached hydrogens (tertiary/aromatic N) is 3. The molecule has 1 saturated heterocycles. The van der Waals surface area contributed by atoms with Crippen LogP contribution in [0.4, 0.5) is 5.69 Å². The minimum Gasteiger partial charge on any atom is -0.449 e. The normalized spacial score (nSPS) is 15.6. The van der Waals surface area contributed by atoms with Crippen molar-refractivity contribution in [3.8, 4) is 0 Å². The van der Waals surface area contributed by atoms with Crippen molar-refractivity contribution < 1.29 is 14.3 Å². The average molecular weight is 396 g/mol. The molecule has 0 N–H and O–H groups in total. The molecule has 1 fully saturated rings. The topological polar surface area (TPSA) is 53.1 Å². The Balaban J connectivity index is 1.50. The smallest absolute Gasteiger partial charge is 0.338 e. The van der Waals surface area contributed by atoms with Gasteiger partial charge in [0.25, 0.3) is 5.91 Å². The van der Waals surface area contributed by atoms with E-state index < -0.39 is 12.1 Å². The summed E-state index contributed by atoms with van der Waals surface area (Å²) in [6.07, 6.45) is -0.800. The minimum absolute atomic E-state index is 0.138. The van der Waals surface area contributed by atoms with Gasteiger partial charge in [0.1, 0.15) is 0 Å². The van der Waals surface area contributed by atoms with Gasteiger partial charge >= 0.3 is 5.97 Å². The van der Waals surface area contributed by atoms with Gasteiger partial charge in [-0.1, -0.05) is 36.4 Å². The predicted molar refractivity (Wildman–Crippen MR) is 114 cm³/mol. The van der Waals surface area contributed by atoms with Gasteiger partial charge in [0.05, 0.1) is 5.56 Å². The lowest BCUT2D eigenvalue weighted by Crippen LogP contribution is -2.51. The van der Waals surface area contributed by atoms with E-state index in [9.17, 15) is 9.59 Å². The van der Waals surface area contributed by atoms with Gasteiger partial charge < -0.3 is 14.5 Å². The molecule has 0 bridgehead atoms. The molecule has 1 unspecified atom stereocenters. The molecule has 3 rings (SSSR count). The van der Waals surface area contributed by atoms with Crippen LogP contribution in [-0.2, 0) is 16.1 Å². The standard InChI is InChI=1S/C23H29N3O3/c1-18(29-23(28)20-10-7-11-21(16-20)24(2)3)22(27)26-14-12-25(13-15-26)17-19-8-5-4-6-9-19/h4-11,16,18H,12-15,17H2,1-3H3. The van der Waals surface area contributed by atoms with Gasteiger partial charge in [0.15, 0.2) is 6.10 Å². The molecular formula is C23H29N3O3. The van der Waals surface area contributed by atoms with Crippen LogP contribution in [0, 0.1) is 0 Å². The molecule has 1 aliphatic rings. The predicted octanol–water partition coefficient (Wildman–Crippen LogP) is 2.64. The maximum Gasteiger partial charge on any atom is 0.338 e. The lowest BCUT2D eigenvalue weighted by Gasteiger charge is -2.35. The van der Waals surface area contributed by atoms with Crippen LogP contribution in [0.1, 0.15) is 22.8 Å². The zero-order valence-electron chi connectivity index (χ0n) is 17.4. The molecule has 1 heterocycles. The summed E-state index contributed by atoms with van der Waals surface area (Å²) >= 11 is 0. The SMILES string of the molecule is CC(OC(=O)c1cccc(N(C)C)c1)C(=O)N1CCN(Cc2ccccc2)CC1. The molecule has 0 saturated carbocycles. The zero-order valence-corrected chi connectivity index (χ0v) is 17.4. The number of ether oxygens (including phenoxy) is 1. The number of amides is 1. The highest BCUT2D eigenvalue weighted by atomic mass is 16.5. The molecule has 1 aliphatic heterocycles. The van der Waals surface area contributed by atoms with E-state index in [0.717, 1.165) is 25.3 Å². The highest BCUT2D eigenvalue weighted by molar-refractivity contribution is 5.93. The summed E-state index contributed by atoms with van der Waals surface area (Å²) in [5.74, 6) is -0.612. The first-order valence-corrected chi connectivity index (χ1v) is 9.97. The van der Waals surface area contributed by atoms with Crippen molar-refractivity contribution in [2.75, 3.05) is 45.2 Å². The lowest BCUT2D eigenvalue weighted by atomic mass is 10.2. The first-order valence-electron chi connectivity index (χ1n) is 9.97. The Morgan fingerprint density at radius 2 is 1.69 bits per heavy atom. The number of benzene rings is 2. The van der Waals surface area contributed by atoms with Gasteiger partial charge in [0.2, 0.25) is 0 Å². The van der Waals surface area contributed by atoms with Crippen LogP contribution in [-0.4, -0.2) is 68.1 Å². The number of carbonyl (C=O) groups excluding carboxylic acids is 2. The molecule has 2 aromatic rings. The zero-order chi connectivity index (χ0) is 20.8. The van der Waals surface area contributed by atoms with Crippen molar-refractivity contribution >= 4 is 17.6 Å². The van der Waals surface area contributed by atoms with E-state index in [1.165, 1.54) is 5.56 Å². The first kappa shape index (κ1) is 20.9. The van der Waals surface area contributed by atoms with Crippen LogP contribution < -0.4 is 4.90 Å². The van der Waals surface area contributed by atoms with Crippen molar-refractivity contribution in [1.82, 2.24) is 9.80 Å². The van der Waals surface area contributed by atoms with Crippen LogP contribution in [0.25, 0.3) is 0 Å². The molecule has 6 nitrogen and oxygen atoms in total. The third kappa shape index (κ3) is 5.57. The molecule has 2 aromatic carbocycles. The largest absolute Gasteiger partial charge is 0.449 e. The molecule has 154 valence electrons. The summed E-state index contributed by atoms with van der Waals surface area (Å²) in [5.41, 5.74) is 2.63. The molecule has 0 aromatic heterocycles. The third-order valence-electron chi connectivity index (χ3n) is 5.16. The Labute approximate surface area is 172 Å². The Bertz CT molecular complexity index is 830. The number of carbonyl (C=O) groups is 2. The molecule has 0 spiro atoms. The van der Waals surface area contributed by atoms with E-state index in [-0.39, 0.29) is 5.91 Å². The fraction of sp³-hybridized carbons (Fsp3) is 0.391. The Morgan fingerprint density at radius 3 is 2.34 bits per heavy atom. The van der Waals surface area contributed by atoms with Crippen LogP contribution >= 0.6 is 0 Å². The quantitative estimate of drug-likeness (QED) is 0.704. The second-order valence-electron chi connectivity index (χ2n) is 7.58. The second kappa shape index (κ2) is 9.56. The van der Waals surface area contributed by atoms with Crippen molar-refractivity contribution in [2.24, 2.45) is 0 Å². The van der Waals surface area contributed by atoms with Crippen LogP contribution in [0.3, 0.4) is 0 Å². The van der Waals surface area contributed by atoms with Gasteiger partial charge in [-0.25, -0.2) is 4.79 Å². The van der Waals surface area contributed by atoms with E-state index in [1.807, 2.05) is 49.3 Å². The Kier molecular flexibility index (Phi) is 6.88. The van der Waals surface area contributed by atoms with Crippen molar-refractivity contribution in [3.05, 3.63) is 65.7 Å². The van der Waals surface area contributed by atoms with Crippen molar-refractivity contribution in [2.45, 2.75) is 19.6 Å². The number of hydrogen-bond donors (Lipinski definition) is 0. The molecule has 6 heteroatoms. The average Bonchev–Trinajstić information content (AvgIpc) is 2.74. The number of piperazine rings is 1. The molecule has 29 heavy (non-hydrogen) atoms. The van der Waals surface area contributed by atoms with Crippen LogP contribution in [0.2, 0.25) is 0 Å². The van der Waals surface area contributed by atoms with E-state index in [0.29, 0.717) is 18.7 Å². The van der Waals surface area contributed by atoms with Gasteiger partial charge in [-0.15, -0.1) is 0 Å². The fourth-order valence-corrected chi connectivity index (χ4v) is 3.42. The highest BCUT2D eigenvalue weighted by Gasteiger charge is 2.27. The van der Waals surface area contributed by atoms with Gasteiger partial charge in [-0.05, 0) is 30.7 Å². The molecule has 1 amide bonds. The summed E-state index contributed by atoms with van der Waals surface area (Å²) in [4.78, 5) is 31.2. The monoisotopic (exact) mass is 395 g/mol. The number of esters is 1. The summed E-state index contributed by atoms with van der Waals surface area (Å²) in [6.45, 7) is 5.44. The van der Waals surface area contributed by atoms with Gasteiger partial charge in [-0.2, -0.15) is 0 Å². The molecule has 1 atom stereocenters. The van der Waals surface area contributed by atoms with E-state index in [4.69, 9.17) is 4.74 Å². The lowest BCUT2D eigenvalue weighted by molar-refractivity contribution is -0.141. The Hall–Kier alpha value is -2.86. The van der Waals surface area contributed by atoms with E-state index in [2.05, 4.69) is 17.0 Å². The number of hydrogen-bond acceptors (Lipinski definition) is 5. The minimum atomic E-state index is -0.800. The number of rotatable bonds is 6. The summed E-state index contributed by atoms with van der Waals surface area (Å²) in [5, 5.41) is 0. The fourth-order valence-electron chi connectivity index (χ4n) is 3.42. The molecular weight excluding hydrogens is 366 g/mol. The molecule has 0 radical (unpaired) electrons. The maximum atomic E-state index is 12.7.